The third-order valence-corrected chi connectivity index (χ3v) is 3.59. The smallest absolute Gasteiger partial charge is 0.289 e. The molecule has 1 aromatic heterocycles. The number of fused-ring (bicyclic) bond motifs is 1. The molecule has 0 atom stereocenters. The van der Waals surface area contributed by atoms with Gasteiger partial charge in [0.1, 0.15) is 5.58 Å². The molecular formula is C13H14BrClN2O2. The van der Waals surface area contributed by atoms with E-state index in [1.54, 1.807) is 0 Å². The molecule has 0 radical (unpaired) electrons. The van der Waals surface area contributed by atoms with E-state index in [4.69, 9.17) is 4.42 Å². The standard InChI is InChI=1S/C13H13BrN2O2.ClH/c14-10-1-2-11-9(7-10)8-12(18-11)13(17)16-5-3-15-4-6-16;/h1-2,7-8,15H,3-6H2;1H. The van der Waals surface area contributed by atoms with Crippen LogP contribution in [0.15, 0.2) is 33.2 Å². The molecule has 19 heavy (non-hydrogen) atoms. The second-order valence-electron chi connectivity index (χ2n) is 4.33. The Bertz CT molecular complexity index is 593. The summed E-state index contributed by atoms with van der Waals surface area (Å²) >= 11 is 3.41. The van der Waals surface area contributed by atoms with Crippen molar-refractivity contribution in [2.45, 2.75) is 0 Å². The van der Waals surface area contributed by atoms with E-state index in [1.165, 1.54) is 0 Å². The molecule has 6 heteroatoms. The molecule has 1 aromatic carbocycles. The number of piperazine rings is 1. The van der Waals surface area contributed by atoms with E-state index < -0.39 is 0 Å². The van der Waals surface area contributed by atoms with Gasteiger partial charge in [0.15, 0.2) is 5.76 Å². The molecular weight excluding hydrogens is 332 g/mol. The average Bonchev–Trinajstić information content (AvgIpc) is 2.81. The van der Waals surface area contributed by atoms with Crippen LogP contribution < -0.4 is 5.32 Å². The summed E-state index contributed by atoms with van der Waals surface area (Å²) in [5.74, 6) is 0.397. The Morgan fingerprint density at radius 3 is 2.74 bits per heavy atom. The number of carbonyl (C=O) groups is 1. The number of hydrogen-bond donors (Lipinski definition) is 1. The maximum absolute atomic E-state index is 12.2. The van der Waals surface area contributed by atoms with E-state index in [9.17, 15) is 4.79 Å². The third kappa shape index (κ3) is 2.94. The Morgan fingerprint density at radius 1 is 1.26 bits per heavy atom. The van der Waals surface area contributed by atoms with E-state index in [1.807, 2.05) is 29.2 Å². The molecule has 102 valence electrons. The molecule has 3 rings (SSSR count). The van der Waals surface area contributed by atoms with Crippen molar-refractivity contribution in [3.63, 3.8) is 0 Å². The van der Waals surface area contributed by atoms with Gasteiger partial charge < -0.3 is 14.6 Å². The molecule has 1 aliphatic heterocycles. The van der Waals surface area contributed by atoms with E-state index in [0.717, 1.165) is 41.6 Å². The lowest BCUT2D eigenvalue weighted by Crippen LogP contribution is -2.46. The van der Waals surface area contributed by atoms with Gasteiger partial charge in [0.05, 0.1) is 0 Å². The first kappa shape index (κ1) is 14.4. The van der Waals surface area contributed by atoms with Crippen LogP contribution in [0.3, 0.4) is 0 Å². The Hall–Kier alpha value is -1.04. The van der Waals surface area contributed by atoms with Gasteiger partial charge in [0.2, 0.25) is 0 Å². The Labute approximate surface area is 125 Å². The molecule has 1 fully saturated rings. The summed E-state index contributed by atoms with van der Waals surface area (Å²) in [4.78, 5) is 14.1. The number of furan rings is 1. The fraction of sp³-hybridized carbons (Fsp3) is 0.308. The minimum Gasteiger partial charge on any atom is -0.451 e. The van der Waals surface area contributed by atoms with Crippen molar-refractivity contribution in [1.82, 2.24) is 10.2 Å². The first-order chi connectivity index (χ1) is 8.74. The van der Waals surface area contributed by atoms with E-state index in [0.29, 0.717) is 5.76 Å². The highest BCUT2D eigenvalue weighted by atomic mass is 79.9. The molecule has 1 amide bonds. The zero-order valence-electron chi connectivity index (χ0n) is 10.2. The summed E-state index contributed by atoms with van der Waals surface area (Å²) in [6.45, 7) is 3.16. The summed E-state index contributed by atoms with van der Waals surface area (Å²) < 4.78 is 6.59. The summed E-state index contributed by atoms with van der Waals surface area (Å²) in [5, 5.41) is 4.17. The fourth-order valence-electron chi connectivity index (χ4n) is 2.14. The average molecular weight is 346 g/mol. The zero-order valence-corrected chi connectivity index (χ0v) is 12.6. The van der Waals surface area contributed by atoms with Crippen molar-refractivity contribution < 1.29 is 9.21 Å². The molecule has 4 nitrogen and oxygen atoms in total. The third-order valence-electron chi connectivity index (χ3n) is 3.09. The number of benzene rings is 1. The van der Waals surface area contributed by atoms with Crippen LogP contribution in [0, 0.1) is 0 Å². The van der Waals surface area contributed by atoms with E-state index in [2.05, 4.69) is 21.2 Å². The minimum absolute atomic E-state index is 0. The quantitative estimate of drug-likeness (QED) is 0.864. The van der Waals surface area contributed by atoms with Crippen LogP contribution in [0.2, 0.25) is 0 Å². The molecule has 2 aromatic rings. The number of nitrogens with zero attached hydrogens (tertiary/aromatic N) is 1. The van der Waals surface area contributed by atoms with Crippen molar-refractivity contribution in [3.8, 4) is 0 Å². The van der Waals surface area contributed by atoms with Gasteiger partial charge >= 0.3 is 0 Å². The lowest BCUT2D eigenvalue weighted by Gasteiger charge is -2.26. The van der Waals surface area contributed by atoms with Crippen LogP contribution in [0.1, 0.15) is 10.6 Å². The highest BCUT2D eigenvalue weighted by Crippen LogP contribution is 2.24. The maximum atomic E-state index is 12.2. The number of nitrogens with one attached hydrogen (secondary N) is 1. The number of rotatable bonds is 1. The van der Waals surface area contributed by atoms with Crippen molar-refractivity contribution in [2.75, 3.05) is 26.2 Å². The van der Waals surface area contributed by atoms with Crippen molar-refractivity contribution in [1.29, 1.82) is 0 Å². The molecule has 0 aliphatic carbocycles. The number of hydrogen-bond acceptors (Lipinski definition) is 3. The largest absolute Gasteiger partial charge is 0.451 e. The zero-order chi connectivity index (χ0) is 12.5. The molecule has 0 unspecified atom stereocenters. The Kier molecular flexibility index (Phi) is 4.50. The van der Waals surface area contributed by atoms with Gasteiger partial charge in [-0.15, -0.1) is 12.4 Å². The first-order valence-corrected chi connectivity index (χ1v) is 6.72. The van der Waals surface area contributed by atoms with Crippen LogP contribution in [0.5, 0.6) is 0 Å². The van der Waals surface area contributed by atoms with Crippen molar-refractivity contribution >= 4 is 45.2 Å². The Balaban J connectivity index is 0.00000133. The fourth-order valence-corrected chi connectivity index (χ4v) is 2.52. The van der Waals surface area contributed by atoms with Crippen LogP contribution >= 0.6 is 28.3 Å². The van der Waals surface area contributed by atoms with E-state index in [-0.39, 0.29) is 18.3 Å². The van der Waals surface area contributed by atoms with Crippen LogP contribution in [0.4, 0.5) is 0 Å². The monoisotopic (exact) mass is 344 g/mol. The summed E-state index contributed by atoms with van der Waals surface area (Å²) in [6.07, 6.45) is 0. The lowest BCUT2D eigenvalue weighted by atomic mass is 10.2. The topological polar surface area (TPSA) is 45.5 Å². The van der Waals surface area contributed by atoms with Crippen molar-refractivity contribution in [3.05, 3.63) is 34.5 Å². The van der Waals surface area contributed by atoms with Gasteiger partial charge in [-0.1, -0.05) is 15.9 Å². The molecule has 0 spiro atoms. The molecule has 2 heterocycles. The van der Waals surface area contributed by atoms with Crippen LogP contribution in [-0.2, 0) is 0 Å². The Morgan fingerprint density at radius 2 is 2.00 bits per heavy atom. The second-order valence-corrected chi connectivity index (χ2v) is 5.25. The number of carbonyl (C=O) groups excluding carboxylic acids is 1. The van der Waals surface area contributed by atoms with E-state index >= 15 is 0 Å². The normalized spacial score (nSPS) is 15.3. The lowest BCUT2D eigenvalue weighted by molar-refractivity contribution is 0.0706. The van der Waals surface area contributed by atoms with Gasteiger partial charge in [-0.25, -0.2) is 0 Å². The van der Waals surface area contributed by atoms with Crippen LogP contribution in [0.25, 0.3) is 11.0 Å². The molecule has 1 aliphatic rings. The maximum Gasteiger partial charge on any atom is 0.289 e. The molecule has 0 bridgehead atoms. The highest BCUT2D eigenvalue weighted by Gasteiger charge is 2.21. The summed E-state index contributed by atoms with van der Waals surface area (Å²) in [6, 6.07) is 7.54. The number of amides is 1. The summed E-state index contributed by atoms with van der Waals surface area (Å²) in [5.41, 5.74) is 0.747. The highest BCUT2D eigenvalue weighted by molar-refractivity contribution is 9.10. The van der Waals surface area contributed by atoms with Crippen LogP contribution in [-0.4, -0.2) is 37.0 Å². The number of halogens is 2. The van der Waals surface area contributed by atoms with Gasteiger partial charge in [-0.2, -0.15) is 0 Å². The van der Waals surface area contributed by atoms with Crippen molar-refractivity contribution in [2.24, 2.45) is 0 Å². The molecule has 1 N–H and O–H groups in total. The summed E-state index contributed by atoms with van der Waals surface area (Å²) in [7, 11) is 0. The first-order valence-electron chi connectivity index (χ1n) is 5.93. The predicted octanol–water partition coefficient (Wildman–Crippen LogP) is 2.66. The SMILES string of the molecule is Cl.O=C(c1cc2cc(Br)ccc2o1)N1CCNCC1. The van der Waals surface area contributed by atoms with Gasteiger partial charge in [-0.05, 0) is 24.3 Å². The molecule has 1 saturated heterocycles. The van der Waals surface area contributed by atoms with Gasteiger partial charge in [-0.3, -0.25) is 4.79 Å². The second kappa shape index (κ2) is 5.94. The van der Waals surface area contributed by atoms with Gasteiger partial charge in [0.25, 0.3) is 5.91 Å². The predicted molar refractivity (Wildman–Crippen MR) is 79.9 cm³/mol. The van der Waals surface area contributed by atoms with Gasteiger partial charge in [0, 0.05) is 36.0 Å². The molecule has 0 saturated carbocycles. The minimum atomic E-state index is -0.0242.